The Labute approximate surface area is 90.0 Å². The summed E-state index contributed by atoms with van der Waals surface area (Å²) in [6, 6.07) is 4.04. The van der Waals surface area contributed by atoms with E-state index in [2.05, 4.69) is 18.0 Å². The average molecular weight is 204 g/mol. The molecule has 2 unspecified atom stereocenters. The maximum Gasteiger partial charge on any atom is 0.180 e. The zero-order valence-electron chi connectivity index (χ0n) is 8.89. The fourth-order valence-corrected chi connectivity index (χ4v) is 1.91. The van der Waals surface area contributed by atoms with Gasteiger partial charge in [0, 0.05) is 18.3 Å². The van der Waals surface area contributed by atoms with E-state index in [1.807, 2.05) is 18.3 Å². The molecule has 2 heterocycles. The molecule has 0 spiro atoms. The minimum atomic E-state index is 0.236. The van der Waals surface area contributed by atoms with Crippen LogP contribution in [0.3, 0.4) is 0 Å². The summed E-state index contributed by atoms with van der Waals surface area (Å²) in [5.41, 5.74) is 6.96. The van der Waals surface area contributed by atoms with Crippen molar-refractivity contribution in [3.05, 3.63) is 42.0 Å². The summed E-state index contributed by atoms with van der Waals surface area (Å²) in [5, 5.41) is 0. The van der Waals surface area contributed by atoms with Crippen molar-refractivity contribution in [3.8, 4) is 0 Å². The molecule has 0 amide bonds. The largest absolute Gasteiger partial charge is 0.476 e. The Morgan fingerprint density at radius 3 is 3.13 bits per heavy atom. The van der Waals surface area contributed by atoms with E-state index in [1.165, 1.54) is 5.56 Å². The lowest BCUT2D eigenvalue weighted by Gasteiger charge is -2.27. The number of hydrogen-bond acceptors (Lipinski definition) is 3. The van der Waals surface area contributed by atoms with Crippen LogP contribution in [0.1, 0.15) is 31.2 Å². The summed E-state index contributed by atoms with van der Waals surface area (Å²) in [6.07, 6.45) is 7.87. The standard InChI is InChI=1S/C12H16N2O/c1-2-11-6-10(7-12(13)15-11)9-4-3-5-14-8-9/h3-5,7-8,10-11H,2,6,13H2,1H3. The highest BCUT2D eigenvalue weighted by molar-refractivity contribution is 5.22. The maximum atomic E-state index is 5.75. The summed E-state index contributed by atoms with van der Waals surface area (Å²) >= 11 is 0. The topological polar surface area (TPSA) is 48.1 Å². The molecule has 1 aliphatic heterocycles. The average Bonchev–Trinajstić information content (AvgIpc) is 2.29. The maximum absolute atomic E-state index is 5.75. The fourth-order valence-electron chi connectivity index (χ4n) is 1.91. The predicted molar refractivity (Wildman–Crippen MR) is 59.0 cm³/mol. The number of hydrogen-bond donors (Lipinski definition) is 1. The minimum Gasteiger partial charge on any atom is -0.476 e. The van der Waals surface area contributed by atoms with Crippen molar-refractivity contribution < 1.29 is 4.74 Å². The van der Waals surface area contributed by atoms with Gasteiger partial charge in [-0.05, 0) is 30.5 Å². The second-order valence-corrected chi connectivity index (χ2v) is 3.85. The number of allylic oxidation sites excluding steroid dienone is 1. The normalized spacial score (nSPS) is 25.5. The predicted octanol–water partition coefficient (Wildman–Crippen LogP) is 2.16. The van der Waals surface area contributed by atoms with Crippen LogP contribution in [0.4, 0.5) is 0 Å². The van der Waals surface area contributed by atoms with Crippen molar-refractivity contribution in [3.63, 3.8) is 0 Å². The highest BCUT2D eigenvalue weighted by Crippen LogP contribution is 2.29. The Bertz CT molecular complexity index is 348. The molecule has 2 atom stereocenters. The number of pyridine rings is 1. The van der Waals surface area contributed by atoms with E-state index in [0.29, 0.717) is 11.8 Å². The molecule has 1 aliphatic rings. The molecule has 0 saturated carbocycles. The SMILES string of the molecule is CCC1CC(c2cccnc2)C=C(N)O1. The Hall–Kier alpha value is -1.51. The van der Waals surface area contributed by atoms with Gasteiger partial charge in [0.25, 0.3) is 0 Å². The molecule has 3 nitrogen and oxygen atoms in total. The van der Waals surface area contributed by atoms with E-state index < -0.39 is 0 Å². The van der Waals surface area contributed by atoms with Crippen molar-refractivity contribution in [2.75, 3.05) is 0 Å². The number of nitrogens with zero attached hydrogens (tertiary/aromatic N) is 1. The van der Waals surface area contributed by atoms with Crippen molar-refractivity contribution in [2.45, 2.75) is 31.8 Å². The smallest absolute Gasteiger partial charge is 0.180 e. The number of rotatable bonds is 2. The molecule has 0 bridgehead atoms. The zero-order chi connectivity index (χ0) is 10.7. The van der Waals surface area contributed by atoms with Crippen LogP contribution in [0.15, 0.2) is 36.5 Å². The summed E-state index contributed by atoms with van der Waals surface area (Å²) in [7, 11) is 0. The Morgan fingerprint density at radius 2 is 2.47 bits per heavy atom. The van der Waals surface area contributed by atoms with Gasteiger partial charge >= 0.3 is 0 Å². The van der Waals surface area contributed by atoms with Gasteiger partial charge in [0.15, 0.2) is 5.88 Å². The summed E-state index contributed by atoms with van der Waals surface area (Å²) in [6.45, 7) is 2.11. The second-order valence-electron chi connectivity index (χ2n) is 3.85. The van der Waals surface area contributed by atoms with E-state index in [-0.39, 0.29) is 6.10 Å². The molecule has 0 saturated heterocycles. The summed E-state index contributed by atoms with van der Waals surface area (Å²) < 4.78 is 5.51. The lowest BCUT2D eigenvalue weighted by molar-refractivity contribution is 0.0842. The zero-order valence-corrected chi connectivity index (χ0v) is 8.89. The molecule has 0 fully saturated rings. The van der Waals surface area contributed by atoms with Crippen LogP contribution in [0.25, 0.3) is 0 Å². The van der Waals surface area contributed by atoms with Gasteiger partial charge in [-0.25, -0.2) is 0 Å². The summed E-state index contributed by atoms with van der Waals surface area (Å²) in [5.74, 6) is 0.888. The Kier molecular flexibility index (Phi) is 2.90. The molecule has 0 aliphatic carbocycles. The van der Waals surface area contributed by atoms with Gasteiger partial charge in [-0.2, -0.15) is 0 Å². The first-order valence-corrected chi connectivity index (χ1v) is 5.33. The van der Waals surface area contributed by atoms with Gasteiger partial charge in [-0.1, -0.05) is 13.0 Å². The van der Waals surface area contributed by atoms with E-state index >= 15 is 0 Å². The first kappa shape index (κ1) is 10.0. The van der Waals surface area contributed by atoms with Gasteiger partial charge in [-0.3, -0.25) is 4.98 Å². The highest BCUT2D eigenvalue weighted by atomic mass is 16.5. The van der Waals surface area contributed by atoms with Crippen LogP contribution >= 0.6 is 0 Å². The molecule has 3 heteroatoms. The number of ether oxygens (including phenoxy) is 1. The van der Waals surface area contributed by atoms with Crippen LogP contribution in [0.2, 0.25) is 0 Å². The fraction of sp³-hybridized carbons (Fsp3) is 0.417. The lowest BCUT2D eigenvalue weighted by atomic mass is 9.92. The summed E-state index contributed by atoms with van der Waals surface area (Å²) in [4.78, 5) is 4.12. The Balaban J connectivity index is 2.20. The first-order valence-electron chi connectivity index (χ1n) is 5.33. The van der Waals surface area contributed by atoms with Crippen LogP contribution in [-0.2, 0) is 4.74 Å². The van der Waals surface area contributed by atoms with E-state index in [9.17, 15) is 0 Å². The van der Waals surface area contributed by atoms with Crippen molar-refractivity contribution in [1.29, 1.82) is 0 Å². The number of nitrogens with two attached hydrogens (primary N) is 1. The van der Waals surface area contributed by atoms with Crippen LogP contribution in [-0.4, -0.2) is 11.1 Å². The lowest BCUT2D eigenvalue weighted by Crippen LogP contribution is -2.23. The van der Waals surface area contributed by atoms with E-state index in [0.717, 1.165) is 12.8 Å². The molecular weight excluding hydrogens is 188 g/mol. The second kappa shape index (κ2) is 4.34. The monoisotopic (exact) mass is 204 g/mol. The molecule has 2 rings (SSSR count). The third-order valence-corrected chi connectivity index (χ3v) is 2.75. The van der Waals surface area contributed by atoms with Crippen LogP contribution in [0, 0.1) is 0 Å². The third-order valence-electron chi connectivity index (χ3n) is 2.75. The minimum absolute atomic E-state index is 0.236. The third kappa shape index (κ3) is 2.29. The molecule has 1 aromatic heterocycles. The Morgan fingerprint density at radius 1 is 1.60 bits per heavy atom. The first-order chi connectivity index (χ1) is 7.29. The molecule has 15 heavy (non-hydrogen) atoms. The van der Waals surface area contributed by atoms with Gasteiger partial charge < -0.3 is 10.5 Å². The molecular formula is C12H16N2O. The van der Waals surface area contributed by atoms with Crippen molar-refractivity contribution >= 4 is 0 Å². The van der Waals surface area contributed by atoms with Crippen molar-refractivity contribution in [1.82, 2.24) is 4.98 Å². The molecule has 1 aromatic rings. The number of aromatic nitrogens is 1. The molecule has 0 aromatic carbocycles. The van der Waals surface area contributed by atoms with E-state index in [4.69, 9.17) is 10.5 Å². The van der Waals surface area contributed by atoms with Gasteiger partial charge in [0.2, 0.25) is 0 Å². The molecule has 80 valence electrons. The van der Waals surface area contributed by atoms with Gasteiger partial charge in [0.1, 0.15) is 6.10 Å². The van der Waals surface area contributed by atoms with Crippen LogP contribution < -0.4 is 5.73 Å². The molecule has 0 radical (unpaired) electrons. The van der Waals surface area contributed by atoms with E-state index in [1.54, 1.807) is 6.20 Å². The van der Waals surface area contributed by atoms with Gasteiger partial charge in [0.05, 0.1) is 0 Å². The quantitative estimate of drug-likeness (QED) is 0.803. The highest BCUT2D eigenvalue weighted by Gasteiger charge is 2.22. The molecule has 2 N–H and O–H groups in total. The van der Waals surface area contributed by atoms with Crippen molar-refractivity contribution in [2.24, 2.45) is 5.73 Å². The van der Waals surface area contributed by atoms with Crippen LogP contribution in [0.5, 0.6) is 0 Å². The van der Waals surface area contributed by atoms with Gasteiger partial charge in [-0.15, -0.1) is 0 Å².